The Morgan fingerprint density at radius 1 is 1.25 bits per heavy atom. The van der Waals surface area contributed by atoms with E-state index in [2.05, 4.69) is 25.9 Å². The van der Waals surface area contributed by atoms with Crippen molar-refractivity contribution < 1.29 is 5.11 Å². The zero-order valence-corrected chi connectivity index (χ0v) is 6.31. The summed E-state index contributed by atoms with van der Waals surface area (Å²) in [7, 11) is 5.17. The Balaban J connectivity index is 0. The molecule has 0 saturated heterocycles. The van der Waals surface area contributed by atoms with Crippen LogP contribution in [0.5, 0.6) is 0 Å². The van der Waals surface area contributed by atoms with Gasteiger partial charge in [0.15, 0.2) is 0 Å². The minimum Gasteiger partial charge on any atom is -0.400 e. The largest absolute Gasteiger partial charge is 0.400 e. The first-order chi connectivity index (χ1) is 3.77. The van der Waals surface area contributed by atoms with Crippen molar-refractivity contribution in [3.63, 3.8) is 0 Å². The van der Waals surface area contributed by atoms with Gasteiger partial charge < -0.3 is 10.0 Å². The number of rotatable bonds is 2. The van der Waals surface area contributed by atoms with Crippen molar-refractivity contribution in [1.29, 1.82) is 0 Å². The zero-order chi connectivity index (χ0) is 6.99. The van der Waals surface area contributed by atoms with Gasteiger partial charge in [0, 0.05) is 7.11 Å². The molecule has 0 aliphatic heterocycles. The van der Waals surface area contributed by atoms with Gasteiger partial charge in [0.05, 0.1) is 0 Å². The van der Waals surface area contributed by atoms with E-state index in [-0.39, 0.29) is 0 Å². The first-order valence-electron chi connectivity index (χ1n) is 2.86. The highest BCUT2D eigenvalue weighted by atomic mass is 16.2. The Morgan fingerprint density at radius 2 is 1.62 bits per heavy atom. The molecule has 0 aromatic carbocycles. The average Bonchev–Trinajstić information content (AvgIpc) is 1.72. The smallest absolute Gasteiger partial charge is 0.0319 e. The molecule has 0 rings (SSSR count). The van der Waals surface area contributed by atoms with Crippen LogP contribution in [-0.2, 0) is 0 Å². The third-order valence-corrected chi connectivity index (χ3v) is 0.671. The second-order valence-corrected chi connectivity index (χ2v) is 1.80. The van der Waals surface area contributed by atoms with Gasteiger partial charge in [-0.3, -0.25) is 0 Å². The summed E-state index contributed by atoms with van der Waals surface area (Å²) < 4.78 is 0. The van der Waals surface area contributed by atoms with Gasteiger partial charge in [-0.15, -0.1) is 0 Å². The Hall–Kier alpha value is -0.0800. The van der Waals surface area contributed by atoms with Crippen LogP contribution in [-0.4, -0.2) is 37.8 Å². The summed E-state index contributed by atoms with van der Waals surface area (Å²) in [5.41, 5.74) is 0. The van der Waals surface area contributed by atoms with E-state index in [1.165, 1.54) is 13.0 Å². The van der Waals surface area contributed by atoms with Gasteiger partial charge in [0.2, 0.25) is 0 Å². The Morgan fingerprint density at radius 3 is 1.62 bits per heavy atom. The minimum atomic E-state index is 1.00. The molecule has 0 amide bonds. The molecule has 0 unspecified atom stereocenters. The highest BCUT2D eigenvalue weighted by Gasteiger charge is 1.79. The fraction of sp³-hybridized carbons (Fsp3) is 1.00. The van der Waals surface area contributed by atoms with Gasteiger partial charge in [0.25, 0.3) is 0 Å². The fourth-order valence-corrected chi connectivity index (χ4v) is 0.447. The van der Waals surface area contributed by atoms with Crippen molar-refractivity contribution in [3.05, 3.63) is 0 Å². The van der Waals surface area contributed by atoms with Gasteiger partial charge in [0.1, 0.15) is 0 Å². The van der Waals surface area contributed by atoms with Crippen molar-refractivity contribution >= 4 is 0 Å². The maximum atomic E-state index is 7.00. The first-order valence-corrected chi connectivity index (χ1v) is 2.86. The predicted octanol–water partition coefficient (Wildman–Crippen LogP) is 0.567. The molecule has 0 heterocycles. The second-order valence-electron chi connectivity index (χ2n) is 1.80. The van der Waals surface area contributed by atoms with E-state index < -0.39 is 0 Å². The molecule has 0 fully saturated rings. The van der Waals surface area contributed by atoms with Crippen LogP contribution in [0.2, 0.25) is 0 Å². The maximum Gasteiger partial charge on any atom is 0.0319 e. The lowest BCUT2D eigenvalue weighted by molar-refractivity contribution is 0.399. The summed E-state index contributed by atoms with van der Waals surface area (Å²) in [5, 5.41) is 7.00. The second kappa shape index (κ2) is 10.0. The van der Waals surface area contributed by atoms with E-state index in [4.69, 9.17) is 5.11 Å². The third kappa shape index (κ3) is 16.8. The molecule has 8 heavy (non-hydrogen) atoms. The van der Waals surface area contributed by atoms with Crippen molar-refractivity contribution in [2.75, 3.05) is 27.7 Å². The van der Waals surface area contributed by atoms with E-state index in [1.807, 2.05) is 0 Å². The number of hydrogen-bond acceptors (Lipinski definition) is 2. The normalized spacial score (nSPS) is 8.25. The lowest BCUT2D eigenvalue weighted by Crippen LogP contribution is -2.11. The molecule has 0 aliphatic carbocycles. The molecule has 2 heteroatoms. The van der Waals surface area contributed by atoms with Crippen LogP contribution in [0.25, 0.3) is 0 Å². The summed E-state index contributed by atoms with van der Waals surface area (Å²) >= 11 is 0. The lowest BCUT2D eigenvalue weighted by Gasteiger charge is -2.03. The van der Waals surface area contributed by atoms with Crippen molar-refractivity contribution in [1.82, 2.24) is 4.90 Å². The summed E-state index contributed by atoms with van der Waals surface area (Å²) in [6.07, 6.45) is 1.26. The molecule has 0 radical (unpaired) electrons. The molecule has 0 bridgehead atoms. The molecule has 0 saturated carbocycles. The summed E-state index contributed by atoms with van der Waals surface area (Å²) in [4.78, 5) is 2.18. The van der Waals surface area contributed by atoms with E-state index in [1.54, 1.807) is 0 Å². The van der Waals surface area contributed by atoms with Crippen molar-refractivity contribution in [2.45, 2.75) is 13.3 Å². The minimum absolute atomic E-state index is 1.00. The van der Waals surface area contributed by atoms with Crippen LogP contribution in [0.1, 0.15) is 13.3 Å². The van der Waals surface area contributed by atoms with Gasteiger partial charge in [-0.2, -0.15) is 0 Å². The Kier molecular flexibility index (Phi) is 13.6. The summed E-state index contributed by atoms with van der Waals surface area (Å²) in [6, 6.07) is 0. The van der Waals surface area contributed by atoms with Gasteiger partial charge >= 0.3 is 0 Å². The molecule has 0 aromatic rings. The molecular formula is C6H17NO. The third-order valence-electron chi connectivity index (χ3n) is 0.671. The predicted molar refractivity (Wildman–Crippen MR) is 37.0 cm³/mol. The van der Waals surface area contributed by atoms with E-state index >= 15 is 0 Å². The van der Waals surface area contributed by atoms with Crippen LogP contribution >= 0.6 is 0 Å². The number of nitrogens with zero attached hydrogens (tertiary/aromatic N) is 1. The molecule has 52 valence electrons. The molecule has 0 aliphatic rings. The number of aliphatic hydroxyl groups is 1. The topological polar surface area (TPSA) is 23.5 Å². The van der Waals surface area contributed by atoms with Crippen molar-refractivity contribution in [2.24, 2.45) is 0 Å². The Labute approximate surface area is 52.1 Å². The molecular weight excluding hydrogens is 102 g/mol. The molecule has 0 aromatic heterocycles. The summed E-state index contributed by atoms with van der Waals surface area (Å²) in [5.74, 6) is 0. The Bertz CT molecular complexity index is 29.7. The van der Waals surface area contributed by atoms with Gasteiger partial charge in [-0.05, 0) is 27.1 Å². The molecule has 2 nitrogen and oxygen atoms in total. The number of aliphatic hydroxyl groups excluding tert-OH is 1. The van der Waals surface area contributed by atoms with Crippen molar-refractivity contribution in [3.8, 4) is 0 Å². The highest BCUT2D eigenvalue weighted by molar-refractivity contribution is 4.34. The first kappa shape index (κ1) is 10.8. The van der Waals surface area contributed by atoms with Crippen LogP contribution in [0.15, 0.2) is 0 Å². The standard InChI is InChI=1S/C5H13N.CH4O/c1-4-5-6(2)3;1-2/h4-5H2,1-3H3;2H,1H3. The molecule has 1 N–H and O–H groups in total. The quantitative estimate of drug-likeness (QED) is 0.574. The molecule has 0 spiro atoms. The van der Waals surface area contributed by atoms with Gasteiger partial charge in [-0.1, -0.05) is 6.92 Å². The van der Waals surface area contributed by atoms with E-state index in [0.29, 0.717) is 0 Å². The SMILES string of the molecule is CCCN(C)C.CO. The van der Waals surface area contributed by atoms with E-state index in [9.17, 15) is 0 Å². The summed E-state index contributed by atoms with van der Waals surface area (Å²) in [6.45, 7) is 3.39. The van der Waals surface area contributed by atoms with Crippen LogP contribution < -0.4 is 0 Å². The van der Waals surface area contributed by atoms with Crippen LogP contribution in [0, 0.1) is 0 Å². The monoisotopic (exact) mass is 119 g/mol. The fourth-order valence-electron chi connectivity index (χ4n) is 0.447. The average molecular weight is 119 g/mol. The number of hydrogen-bond donors (Lipinski definition) is 1. The highest BCUT2D eigenvalue weighted by Crippen LogP contribution is 1.76. The van der Waals surface area contributed by atoms with Crippen LogP contribution in [0.4, 0.5) is 0 Å². The zero-order valence-electron chi connectivity index (χ0n) is 6.31. The van der Waals surface area contributed by atoms with Gasteiger partial charge in [-0.25, -0.2) is 0 Å². The van der Waals surface area contributed by atoms with Crippen LogP contribution in [0.3, 0.4) is 0 Å². The maximum absolute atomic E-state index is 7.00. The van der Waals surface area contributed by atoms with E-state index in [0.717, 1.165) is 7.11 Å². The molecule has 0 atom stereocenters. The lowest BCUT2D eigenvalue weighted by atomic mass is 10.5.